The lowest BCUT2D eigenvalue weighted by Crippen LogP contribution is -2.10. The number of carbonyl (C=O) groups excluding carboxylic acids is 2. The van der Waals surface area contributed by atoms with Crippen molar-refractivity contribution in [1.82, 2.24) is 0 Å². The first kappa shape index (κ1) is 12.4. The zero-order valence-corrected chi connectivity index (χ0v) is 9.66. The molecule has 0 aromatic heterocycles. The van der Waals surface area contributed by atoms with Crippen molar-refractivity contribution < 1.29 is 14.3 Å². The van der Waals surface area contributed by atoms with Crippen molar-refractivity contribution in [2.75, 3.05) is 6.61 Å². The minimum Gasteiger partial charge on any atom is -0.486 e. The van der Waals surface area contributed by atoms with Crippen molar-refractivity contribution in [2.45, 2.75) is 26.7 Å². The monoisotopic (exact) mass is 220 g/mol. The third-order valence-electron chi connectivity index (χ3n) is 2.17. The molecule has 0 aliphatic rings. The Hall–Kier alpha value is -1.64. The smallest absolute Gasteiger partial charge is 0.170 e. The Kier molecular flexibility index (Phi) is 4.70. The third kappa shape index (κ3) is 3.85. The second kappa shape index (κ2) is 6.05. The predicted molar refractivity (Wildman–Crippen MR) is 61.9 cm³/mol. The molecule has 0 saturated heterocycles. The first-order valence-corrected chi connectivity index (χ1v) is 5.39. The zero-order valence-electron chi connectivity index (χ0n) is 9.66. The van der Waals surface area contributed by atoms with Crippen LogP contribution in [0.15, 0.2) is 24.3 Å². The summed E-state index contributed by atoms with van der Waals surface area (Å²) >= 11 is 0. The van der Waals surface area contributed by atoms with E-state index in [2.05, 4.69) is 0 Å². The number of ether oxygens (including phenoxy) is 1. The number of carbonyl (C=O) groups is 2. The van der Waals surface area contributed by atoms with Crippen LogP contribution in [0.2, 0.25) is 0 Å². The maximum absolute atomic E-state index is 11.2. The van der Waals surface area contributed by atoms with E-state index >= 15 is 0 Å². The van der Waals surface area contributed by atoms with E-state index in [1.165, 1.54) is 6.92 Å². The molecule has 0 atom stereocenters. The summed E-state index contributed by atoms with van der Waals surface area (Å²) in [4.78, 5) is 22.4. The van der Waals surface area contributed by atoms with E-state index in [0.717, 1.165) is 6.42 Å². The number of Topliss-reactive ketones (excluding diaryl/α,β-unsaturated/α-hetero) is 2. The summed E-state index contributed by atoms with van der Waals surface area (Å²) in [6.45, 7) is 3.53. The largest absolute Gasteiger partial charge is 0.486 e. The second-order valence-electron chi connectivity index (χ2n) is 3.66. The van der Waals surface area contributed by atoms with Gasteiger partial charge < -0.3 is 4.74 Å². The standard InChI is InChI=1S/C13H16O3/c1-3-5-12(15)9-16-13-7-4-6-11(8-13)10(2)14/h4,6-8H,3,5,9H2,1-2H3. The number of rotatable bonds is 6. The second-order valence-corrected chi connectivity index (χ2v) is 3.66. The normalized spacial score (nSPS) is 9.88. The van der Waals surface area contributed by atoms with Crippen LogP contribution in [-0.2, 0) is 4.79 Å². The molecule has 0 aliphatic heterocycles. The molecular formula is C13H16O3. The quantitative estimate of drug-likeness (QED) is 0.692. The van der Waals surface area contributed by atoms with Crippen LogP contribution in [0.1, 0.15) is 37.0 Å². The highest BCUT2D eigenvalue weighted by Crippen LogP contribution is 2.13. The fourth-order valence-electron chi connectivity index (χ4n) is 1.32. The van der Waals surface area contributed by atoms with E-state index in [1.54, 1.807) is 24.3 Å². The minimum atomic E-state index is -0.00895. The van der Waals surface area contributed by atoms with Gasteiger partial charge in [0, 0.05) is 12.0 Å². The van der Waals surface area contributed by atoms with Crippen LogP contribution in [0.25, 0.3) is 0 Å². The van der Waals surface area contributed by atoms with Crippen LogP contribution in [-0.4, -0.2) is 18.2 Å². The van der Waals surface area contributed by atoms with Crippen LogP contribution >= 0.6 is 0 Å². The van der Waals surface area contributed by atoms with Crippen molar-refractivity contribution in [2.24, 2.45) is 0 Å². The molecule has 1 rings (SSSR count). The molecule has 16 heavy (non-hydrogen) atoms. The lowest BCUT2D eigenvalue weighted by Gasteiger charge is -2.05. The Morgan fingerprint density at radius 1 is 1.31 bits per heavy atom. The van der Waals surface area contributed by atoms with Gasteiger partial charge in [0.1, 0.15) is 12.4 Å². The minimum absolute atomic E-state index is 0.00895. The van der Waals surface area contributed by atoms with Gasteiger partial charge in [-0.3, -0.25) is 9.59 Å². The highest BCUT2D eigenvalue weighted by molar-refractivity contribution is 5.94. The highest BCUT2D eigenvalue weighted by Gasteiger charge is 2.04. The van der Waals surface area contributed by atoms with Crippen molar-refractivity contribution in [3.63, 3.8) is 0 Å². The fourth-order valence-corrected chi connectivity index (χ4v) is 1.32. The molecule has 0 fully saturated rings. The molecule has 0 unspecified atom stereocenters. The van der Waals surface area contributed by atoms with Gasteiger partial charge in [-0.05, 0) is 25.5 Å². The summed E-state index contributed by atoms with van der Waals surface area (Å²) in [6, 6.07) is 6.87. The van der Waals surface area contributed by atoms with Gasteiger partial charge >= 0.3 is 0 Å². The highest BCUT2D eigenvalue weighted by atomic mass is 16.5. The average molecular weight is 220 g/mol. The first-order chi connectivity index (χ1) is 7.63. The summed E-state index contributed by atoms with van der Waals surface area (Å²) in [7, 11) is 0. The molecule has 0 saturated carbocycles. The predicted octanol–water partition coefficient (Wildman–Crippen LogP) is 2.64. The van der Waals surface area contributed by atoms with Crippen LogP contribution in [0.4, 0.5) is 0 Å². The van der Waals surface area contributed by atoms with Gasteiger partial charge in [0.05, 0.1) is 0 Å². The molecule has 3 heteroatoms. The summed E-state index contributed by atoms with van der Waals surface area (Å²) < 4.78 is 5.31. The van der Waals surface area contributed by atoms with Gasteiger partial charge in [0.25, 0.3) is 0 Å². The van der Waals surface area contributed by atoms with Gasteiger partial charge in [-0.15, -0.1) is 0 Å². The number of hydrogen-bond acceptors (Lipinski definition) is 3. The van der Waals surface area contributed by atoms with Gasteiger partial charge in [-0.25, -0.2) is 0 Å². The SMILES string of the molecule is CCCC(=O)COc1cccc(C(C)=O)c1. The van der Waals surface area contributed by atoms with E-state index in [1.807, 2.05) is 6.92 Å². The molecule has 1 aromatic carbocycles. The number of hydrogen-bond donors (Lipinski definition) is 0. The van der Waals surface area contributed by atoms with Gasteiger partial charge in [0.2, 0.25) is 0 Å². The van der Waals surface area contributed by atoms with Crippen molar-refractivity contribution in [1.29, 1.82) is 0 Å². The molecule has 0 N–H and O–H groups in total. The molecule has 86 valence electrons. The van der Waals surface area contributed by atoms with Crippen molar-refractivity contribution >= 4 is 11.6 Å². The lowest BCUT2D eigenvalue weighted by atomic mass is 10.1. The Bertz CT molecular complexity index is 383. The Labute approximate surface area is 95.4 Å². The third-order valence-corrected chi connectivity index (χ3v) is 2.17. The number of ketones is 2. The van der Waals surface area contributed by atoms with Crippen LogP contribution < -0.4 is 4.74 Å². The zero-order chi connectivity index (χ0) is 12.0. The molecular weight excluding hydrogens is 204 g/mol. The average Bonchev–Trinajstić information content (AvgIpc) is 2.27. The van der Waals surface area contributed by atoms with E-state index in [4.69, 9.17) is 4.74 Å². The van der Waals surface area contributed by atoms with Crippen LogP contribution in [0, 0.1) is 0 Å². The van der Waals surface area contributed by atoms with E-state index in [9.17, 15) is 9.59 Å². The maximum atomic E-state index is 11.2. The molecule has 0 heterocycles. The van der Waals surface area contributed by atoms with E-state index < -0.39 is 0 Å². The summed E-state index contributed by atoms with van der Waals surface area (Å²) in [5, 5.41) is 0. The molecule has 0 amide bonds. The maximum Gasteiger partial charge on any atom is 0.170 e. The van der Waals surface area contributed by atoms with Crippen molar-refractivity contribution in [3.05, 3.63) is 29.8 Å². The molecule has 0 spiro atoms. The topological polar surface area (TPSA) is 43.4 Å². The summed E-state index contributed by atoms with van der Waals surface area (Å²) in [5.74, 6) is 0.637. The molecule has 0 bridgehead atoms. The summed E-state index contributed by atoms with van der Waals surface area (Å²) in [5.41, 5.74) is 0.598. The number of benzene rings is 1. The van der Waals surface area contributed by atoms with Gasteiger partial charge in [0.15, 0.2) is 11.6 Å². The Morgan fingerprint density at radius 3 is 2.69 bits per heavy atom. The van der Waals surface area contributed by atoms with Gasteiger partial charge in [-0.2, -0.15) is 0 Å². The summed E-state index contributed by atoms with van der Waals surface area (Å²) in [6.07, 6.45) is 1.36. The van der Waals surface area contributed by atoms with Crippen molar-refractivity contribution in [3.8, 4) is 5.75 Å². The van der Waals surface area contributed by atoms with Crippen LogP contribution in [0.3, 0.4) is 0 Å². The Morgan fingerprint density at radius 2 is 2.06 bits per heavy atom. The first-order valence-electron chi connectivity index (χ1n) is 5.39. The molecule has 0 radical (unpaired) electrons. The molecule has 3 nitrogen and oxygen atoms in total. The molecule has 0 aliphatic carbocycles. The lowest BCUT2D eigenvalue weighted by molar-refractivity contribution is -0.121. The van der Waals surface area contributed by atoms with E-state index in [0.29, 0.717) is 17.7 Å². The van der Waals surface area contributed by atoms with E-state index in [-0.39, 0.29) is 18.2 Å². The van der Waals surface area contributed by atoms with Gasteiger partial charge in [-0.1, -0.05) is 19.1 Å². The fraction of sp³-hybridized carbons (Fsp3) is 0.385. The Balaban J connectivity index is 2.57. The molecule has 1 aromatic rings. The van der Waals surface area contributed by atoms with Crippen LogP contribution in [0.5, 0.6) is 5.75 Å².